The first-order valence-corrected chi connectivity index (χ1v) is 8.56. The number of nitrogens with zero attached hydrogens (tertiary/aromatic N) is 1. The SMILES string of the molecule is C/C(=C/c1cc2ccccc2nc1Cl)C(=O)NC1CCCCC1. The number of hydrogen-bond donors (Lipinski definition) is 1. The number of rotatable bonds is 3. The van der Waals surface area contributed by atoms with E-state index in [0.29, 0.717) is 16.8 Å². The molecule has 4 heteroatoms. The largest absolute Gasteiger partial charge is 0.350 e. The van der Waals surface area contributed by atoms with E-state index in [4.69, 9.17) is 11.6 Å². The zero-order valence-electron chi connectivity index (χ0n) is 13.3. The van der Waals surface area contributed by atoms with Crippen LogP contribution in [0.1, 0.15) is 44.6 Å². The van der Waals surface area contributed by atoms with Crippen LogP contribution in [-0.4, -0.2) is 16.9 Å². The van der Waals surface area contributed by atoms with Crippen molar-refractivity contribution in [3.8, 4) is 0 Å². The molecule has 2 aromatic rings. The van der Waals surface area contributed by atoms with Crippen molar-refractivity contribution in [2.24, 2.45) is 0 Å². The van der Waals surface area contributed by atoms with Crippen LogP contribution in [0.2, 0.25) is 5.15 Å². The van der Waals surface area contributed by atoms with Gasteiger partial charge in [0, 0.05) is 22.6 Å². The molecule has 1 saturated carbocycles. The van der Waals surface area contributed by atoms with Crippen LogP contribution in [0.4, 0.5) is 0 Å². The van der Waals surface area contributed by atoms with Crippen LogP contribution in [0.25, 0.3) is 17.0 Å². The summed E-state index contributed by atoms with van der Waals surface area (Å²) < 4.78 is 0. The fourth-order valence-corrected chi connectivity index (χ4v) is 3.26. The number of amides is 1. The highest BCUT2D eigenvalue weighted by Crippen LogP contribution is 2.23. The van der Waals surface area contributed by atoms with Crippen molar-refractivity contribution in [2.45, 2.75) is 45.1 Å². The number of hydrogen-bond acceptors (Lipinski definition) is 2. The lowest BCUT2D eigenvalue weighted by Crippen LogP contribution is -2.36. The minimum absolute atomic E-state index is 0.0128. The predicted molar refractivity (Wildman–Crippen MR) is 95.4 cm³/mol. The number of para-hydroxylation sites is 1. The summed E-state index contributed by atoms with van der Waals surface area (Å²) in [7, 11) is 0. The first-order valence-electron chi connectivity index (χ1n) is 8.18. The van der Waals surface area contributed by atoms with Gasteiger partial charge in [0.1, 0.15) is 5.15 Å². The van der Waals surface area contributed by atoms with Gasteiger partial charge >= 0.3 is 0 Å². The molecular weight excluding hydrogens is 308 g/mol. The first-order chi connectivity index (χ1) is 11.1. The quantitative estimate of drug-likeness (QED) is 0.653. The van der Waals surface area contributed by atoms with Gasteiger partial charge < -0.3 is 5.32 Å². The lowest BCUT2D eigenvalue weighted by Gasteiger charge is -2.22. The Labute approximate surface area is 141 Å². The molecule has 1 aromatic carbocycles. The van der Waals surface area contributed by atoms with E-state index in [2.05, 4.69) is 10.3 Å². The number of carbonyl (C=O) groups is 1. The topological polar surface area (TPSA) is 42.0 Å². The van der Waals surface area contributed by atoms with Gasteiger partial charge in [-0.2, -0.15) is 0 Å². The monoisotopic (exact) mass is 328 g/mol. The fraction of sp³-hybridized carbons (Fsp3) is 0.368. The second kappa shape index (κ2) is 7.14. The van der Waals surface area contributed by atoms with Crippen molar-refractivity contribution >= 4 is 34.5 Å². The maximum Gasteiger partial charge on any atom is 0.247 e. The normalized spacial score (nSPS) is 16.5. The molecule has 0 unspecified atom stereocenters. The van der Waals surface area contributed by atoms with Gasteiger partial charge in [-0.25, -0.2) is 4.98 Å². The van der Waals surface area contributed by atoms with Crippen molar-refractivity contribution in [1.29, 1.82) is 0 Å². The molecule has 120 valence electrons. The molecule has 1 aliphatic rings. The van der Waals surface area contributed by atoms with E-state index in [1.165, 1.54) is 19.3 Å². The molecule has 1 aromatic heterocycles. The third-order valence-corrected chi connectivity index (χ3v) is 4.68. The molecule has 1 heterocycles. The van der Waals surface area contributed by atoms with Gasteiger partial charge in [-0.1, -0.05) is 49.1 Å². The summed E-state index contributed by atoms with van der Waals surface area (Å²) in [5.74, 6) is -0.0128. The number of fused-ring (bicyclic) bond motifs is 1. The van der Waals surface area contributed by atoms with E-state index in [9.17, 15) is 4.79 Å². The molecule has 1 N–H and O–H groups in total. The Bertz CT molecular complexity index is 748. The van der Waals surface area contributed by atoms with E-state index in [-0.39, 0.29) is 5.91 Å². The summed E-state index contributed by atoms with van der Waals surface area (Å²) in [6.07, 6.45) is 7.66. The van der Waals surface area contributed by atoms with Gasteiger partial charge in [0.25, 0.3) is 0 Å². The van der Waals surface area contributed by atoms with Crippen molar-refractivity contribution < 1.29 is 4.79 Å². The zero-order valence-corrected chi connectivity index (χ0v) is 14.1. The summed E-state index contributed by atoms with van der Waals surface area (Å²) in [4.78, 5) is 16.7. The lowest BCUT2D eigenvalue weighted by molar-refractivity contribution is -0.118. The first kappa shape index (κ1) is 16.0. The molecular formula is C19H21ClN2O. The average molecular weight is 329 g/mol. The molecule has 3 nitrogen and oxygen atoms in total. The highest BCUT2D eigenvalue weighted by molar-refractivity contribution is 6.31. The molecule has 0 bridgehead atoms. The van der Waals surface area contributed by atoms with Crippen LogP contribution >= 0.6 is 11.6 Å². The minimum Gasteiger partial charge on any atom is -0.350 e. The van der Waals surface area contributed by atoms with Crippen molar-refractivity contribution in [1.82, 2.24) is 10.3 Å². The van der Waals surface area contributed by atoms with Crippen LogP contribution in [0.5, 0.6) is 0 Å². The molecule has 23 heavy (non-hydrogen) atoms. The van der Waals surface area contributed by atoms with E-state index in [1.54, 1.807) is 0 Å². The summed E-state index contributed by atoms with van der Waals surface area (Å²) in [5.41, 5.74) is 2.30. The van der Waals surface area contributed by atoms with Crippen LogP contribution in [0, 0.1) is 0 Å². The number of aromatic nitrogens is 1. The molecule has 0 atom stereocenters. The van der Waals surface area contributed by atoms with Crippen LogP contribution in [0.15, 0.2) is 35.9 Å². The van der Waals surface area contributed by atoms with Gasteiger partial charge in [0.15, 0.2) is 0 Å². The number of benzene rings is 1. The van der Waals surface area contributed by atoms with Gasteiger partial charge in [-0.05, 0) is 38.0 Å². The molecule has 1 fully saturated rings. The van der Waals surface area contributed by atoms with Crippen LogP contribution < -0.4 is 5.32 Å². The molecule has 1 aliphatic carbocycles. The van der Waals surface area contributed by atoms with Gasteiger partial charge in [0.2, 0.25) is 5.91 Å². The Balaban J connectivity index is 1.79. The molecule has 1 amide bonds. The smallest absolute Gasteiger partial charge is 0.247 e. The Kier molecular flexibility index (Phi) is 4.97. The third-order valence-electron chi connectivity index (χ3n) is 4.38. The lowest BCUT2D eigenvalue weighted by atomic mass is 9.95. The highest BCUT2D eigenvalue weighted by atomic mass is 35.5. The summed E-state index contributed by atoms with van der Waals surface area (Å²) in [6, 6.07) is 10.1. The zero-order chi connectivity index (χ0) is 16.2. The maximum atomic E-state index is 12.3. The van der Waals surface area contributed by atoms with Crippen molar-refractivity contribution in [2.75, 3.05) is 0 Å². The summed E-state index contributed by atoms with van der Waals surface area (Å²) in [5, 5.41) is 4.57. The Morgan fingerprint density at radius 2 is 2.00 bits per heavy atom. The Morgan fingerprint density at radius 3 is 2.78 bits per heavy atom. The molecule has 0 saturated heterocycles. The van der Waals surface area contributed by atoms with E-state index in [0.717, 1.165) is 29.3 Å². The van der Waals surface area contributed by atoms with E-state index >= 15 is 0 Å². The van der Waals surface area contributed by atoms with Crippen LogP contribution in [-0.2, 0) is 4.79 Å². The van der Waals surface area contributed by atoms with Crippen LogP contribution in [0.3, 0.4) is 0 Å². The Morgan fingerprint density at radius 1 is 1.26 bits per heavy atom. The van der Waals surface area contributed by atoms with Gasteiger partial charge in [-0.3, -0.25) is 4.79 Å². The second-order valence-corrected chi connectivity index (χ2v) is 6.55. The molecule has 0 radical (unpaired) electrons. The molecule has 0 spiro atoms. The van der Waals surface area contributed by atoms with E-state index in [1.807, 2.05) is 43.3 Å². The number of pyridine rings is 1. The predicted octanol–water partition coefficient (Wildman–Crippen LogP) is 4.74. The van der Waals surface area contributed by atoms with Crippen molar-refractivity contribution in [3.05, 3.63) is 46.6 Å². The number of carbonyl (C=O) groups excluding carboxylic acids is 1. The van der Waals surface area contributed by atoms with Gasteiger partial charge in [0.05, 0.1) is 5.52 Å². The summed E-state index contributed by atoms with van der Waals surface area (Å²) >= 11 is 6.26. The minimum atomic E-state index is -0.0128. The standard InChI is InChI=1S/C19H21ClN2O/c1-13(19(23)21-16-8-3-2-4-9-16)11-15-12-14-7-5-6-10-17(14)22-18(15)20/h5-7,10-12,16H,2-4,8-9H2,1H3,(H,21,23)/b13-11-. The van der Waals surface area contributed by atoms with E-state index < -0.39 is 0 Å². The maximum absolute atomic E-state index is 12.3. The van der Waals surface area contributed by atoms with Crippen molar-refractivity contribution in [3.63, 3.8) is 0 Å². The average Bonchev–Trinajstić information content (AvgIpc) is 2.56. The molecule has 0 aliphatic heterocycles. The number of nitrogens with one attached hydrogen (secondary N) is 1. The third kappa shape index (κ3) is 3.91. The summed E-state index contributed by atoms with van der Waals surface area (Å²) in [6.45, 7) is 1.82. The number of halogens is 1. The second-order valence-electron chi connectivity index (χ2n) is 6.20. The highest BCUT2D eigenvalue weighted by Gasteiger charge is 2.16. The van der Waals surface area contributed by atoms with Gasteiger partial charge in [-0.15, -0.1) is 0 Å². The Hall–Kier alpha value is -1.87. The fourth-order valence-electron chi connectivity index (χ4n) is 3.05. The molecule has 3 rings (SSSR count).